The monoisotopic (exact) mass is 224 g/mol. The minimum Gasteiger partial charge on any atom is -0.550 e. The summed E-state index contributed by atoms with van der Waals surface area (Å²) in [5.74, 6) is -0.609. The molecule has 4 rings (SSSR count). The fraction of sp³-hybridized carbons (Fsp3) is 0.909. The third kappa shape index (κ3) is 1.09. The second-order valence-corrected chi connectivity index (χ2v) is 6.01. The van der Waals surface area contributed by atoms with Crippen LogP contribution in [0.5, 0.6) is 0 Å². The molecular formula is C11H14NO4-. The summed E-state index contributed by atoms with van der Waals surface area (Å²) < 4.78 is 0. The van der Waals surface area contributed by atoms with E-state index in [1.807, 2.05) is 0 Å². The fourth-order valence-corrected chi connectivity index (χ4v) is 4.67. The molecule has 4 bridgehead atoms. The van der Waals surface area contributed by atoms with Crippen LogP contribution in [0.3, 0.4) is 0 Å². The molecule has 0 heterocycles. The Morgan fingerprint density at radius 2 is 1.75 bits per heavy atom. The zero-order valence-corrected chi connectivity index (χ0v) is 8.98. The van der Waals surface area contributed by atoms with E-state index in [2.05, 4.69) is 0 Å². The third-order valence-electron chi connectivity index (χ3n) is 4.85. The average Bonchev–Trinajstić information content (AvgIpc) is 2.14. The molecule has 0 amide bonds. The van der Waals surface area contributed by atoms with E-state index in [9.17, 15) is 20.0 Å². The first-order valence-corrected chi connectivity index (χ1v) is 5.82. The van der Waals surface area contributed by atoms with Crippen molar-refractivity contribution >= 4 is 5.97 Å². The first-order chi connectivity index (χ1) is 7.46. The predicted molar refractivity (Wildman–Crippen MR) is 51.8 cm³/mol. The number of carboxylic acids is 1. The van der Waals surface area contributed by atoms with Crippen LogP contribution in [-0.4, -0.2) is 16.4 Å². The third-order valence-corrected chi connectivity index (χ3v) is 4.85. The summed E-state index contributed by atoms with van der Waals surface area (Å²) in [6.45, 7) is 0. The zero-order chi connectivity index (χ0) is 11.6. The van der Waals surface area contributed by atoms with E-state index in [0.29, 0.717) is 25.7 Å². The van der Waals surface area contributed by atoms with Crippen molar-refractivity contribution in [3.63, 3.8) is 0 Å². The number of hydrogen-bond acceptors (Lipinski definition) is 4. The van der Waals surface area contributed by atoms with Gasteiger partial charge in [0.25, 0.3) is 0 Å². The largest absolute Gasteiger partial charge is 0.550 e. The molecule has 4 fully saturated rings. The molecule has 4 aliphatic carbocycles. The smallest absolute Gasteiger partial charge is 0.223 e. The van der Waals surface area contributed by atoms with Gasteiger partial charge in [0, 0.05) is 35.6 Å². The van der Waals surface area contributed by atoms with Gasteiger partial charge in [-0.2, -0.15) is 0 Å². The van der Waals surface area contributed by atoms with Crippen LogP contribution in [0.2, 0.25) is 0 Å². The Balaban J connectivity index is 2.03. The number of carbonyl (C=O) groups is 1. The van der Waals surface area contributed by atoms with Gasteiger partial charge in [-0.15, -0.1) is 0 Å². The van der Waals surface area contributed by atoms with Crippen LogP contribution in [-0.2, 0) is 4.79 Å². The maximum atomic E-state index is 11.3. The van der Waals surface area contributed by atoms with E-state index < -0.39 is 16.9 Å². The molecule has 5 heteroatoms. The molecule has 0 aromatic heterocycles. The van der Waals surface area contributed by atoms with E-state index in [0.717, 1.165) is 6.42 Å². The van der Waals surface area contributed by atoms with Crippen molar-refractivity contribution in [2.45, 2.75) is 44.1 Å². The SMILES string of the molecule is O=C([O-])C12CC3CC(C1)CC([N+](=O)[O-])(C3)C2. The van der Waals surface area contributed by atoms with Gasteiger partial charge in [-0.05, 0) is 31.1 Å². The molecule has 2 unspecified atom stereocenters. The lowest BCUT2D eigenvalue weighted by molar-refractivity contribution is -0.591. The highest BCUT2D eigenvalue weighted by molar-refractivity contribution is 5.73. The fourth-order valence-electron chi connectivity index (χ4n) is 4.67. The van der Waals surface area contributed by atoms with E-state index >= 15 is 0 Å². The number of nitro groups is 1. The molecule has 0 radical (unpaired) electrons. The van der Waals surface area contributed by atoms with Crippen molar-refractivity contribution in [3.8, 4) is 0 Å². The Morgan fingerprint density at radius 1 is 1.19 bits per heavy atom. The number of hydrogen-bond donors (Lipinski definition) is 0. The first-order valence-electron chi connectivity index (χ1n) is 5.82. The highest BCUT2D eigenvalue weighted by Crippen LogP contribution is 2.62. The highest BCUT2D eigenvalue weighted by atomic mass is 16.6. The van der Waals surface area contributed by atoms with Crippen LogP contribution in [0.15, 0.2) is 0 Å². The van der Waals surface area contributed by atoms with Gasteiger partial charge < -0.3 is 9.90 Å². The topological polar surface area (TPSA) is 83.3 Å². The van der Waals surface area contributed by atoms with Crippen molar-refractivity contribution in [1.29, 1.82) is 0 Å². The number of nitrogens with zero attached hydrogens (tertiary/aromatic N) is 1. The molecule has 0 aromatic rings. The van der Waals surface area contributed by atoms with E-state index in [1.165, 1.54) is 0 Å². The predicted octanol–water partition coefficient (Wildman–Crippen LogP) is 0.352. The van der Waals surface area contributed by atoms with Gasteiger partial charge in [-0.1, -0.05) is 0 Å². The summed E-state index contributed by atoms with van der Waals surface area (Å²) >= 11 is 0. The van der Waals surface area contributed by atoms with Crippen LogP contribution >= 0.6 is 0 Å². The lowest BCUT2D eigenvalue weighted by Gasteiger charge is -2.58. The summed E-state index contributed by atoms with van der Waals surface area (Å²) in [7, 11) is 0. The molecule has 0 N–H and O–H groups in total. The average molecular weight is 224 g/mol. The van der Waals surface area contributed by atoms with Crippen LogP contribution in [0.25, 0.3) is 0 Å². The Kier molecular flexibility index (Phi) is 1.73. The minimum absolute atomic E-state index is 0.197. The molecule has 0 aromatic carbocycles. The Hall–Kier alpha value is -1.13. The van der Waals surface area contributed by atoms with E-state index in [1.54, 1.807) is 0 Å². The van der Waals surface area contributed by atoms with E-state index in [4.69, 9.17) is 0 Å². The molecular weight excluding hydrogens is 210 g/mol. The minimum atomic E-state index is -1.06. The first kappa shape index (κ1) is 10.1. The van der Waals surface area contributed by atoms with Crippen molar-refractivity contribution in [3.05, 3.63) is 10.1 Å². The molecule has 2 atom stereocenters. The van der Waals surface area contributed by atoms with Crippen molar-refractivity contribution < 1.29 is 14.8 Å². The Labute approximate surface area is 93.0 Å². The van der Waals surface area contributed by atoms with Gasteiger partial charge in [-0.3, -0.25) is 10.1 Å². The summed E-state index contributed by atoms with van der Waals surface area (Å²) in [5.41, 5.74) is -1.85. The van der Waals surface area contributed by atoms with E-state index in [-0.39, 0.29) is 23.2 Å². The summed E-state index contributed by atoms with van der Waals surface area (Å²) in [5, 5.41) is 22.5. The Bertz CT molecular complexity index is 332. The van der Waals surface area contributed by atoms with Crippen LogP contribution in [0.1, 0.15) is 38.5 Å². The highest BCUT2D eigenvalue weighted by Gasteiger charge is 2.64. The molecule has 88 valence electrons. The van der Waals surface area contributed by atoms with Crippen LogP contribution in [0.4, 0.5) is 0 Å². The summed E-state index contributed by atoms with van der Waals surface area (Å²) in [6, 6.07) is 0. The molecule has 0 saturated heterocycles. The quantitative estimate of drug-likeness (QED) is 0.500. The lowest BCUT2D eigenvalue weighted by Crippen LogP contribution is -2.63. The second-order valence-electron chi connectivity index (χ2n) is 6.01. The van der Waals surface area contributed by atoms with Gasteiger partial charge in [-0.25, -0.2) is 0 Å². The molecule has 4 saturated carbocycles. The molecule has 16 heavy (non-hydrogen) atoms. The standard InChI is InChI=1S/C11H15NO4/c13-9(14)10-2-7-1-8(3-10)5-11(4-7,6-10)12(15)16/h7-8H,1-6H2,(H,13,14)/p-1. The van der Waals surface area contributed by atoms with Crippen LogP contribution in [0, 0.1) is 27.4 Å². The maximum Gasteiger partial charge on any atom is 0.223 e. The molecule has 0 spiro atoms. The Morgan fingerprint density at radius 3 is 2.19 bits per heavy atom. The molecule has 0 aliphatic heterocycles. The number of aliphatic carboxylic acids is 1. The second kappa shape index (κ2) is 2.76. The van der Waals surface area contributed by atoms with Gasteiger partial charge in [0.15, 0.2) is 0 Å². The van der Waals surface area contributed by atoms with Crippen molar-refractivity contribution in [2.24, 2.45) is 17.3 Å². The number of carboxylic acid groups (broad SMARTS) is 1. The zero-order valence-electron chi connectivity index (χ0n) is 8.98. The number of carbonyl (C=O) groups excluding carboxylic acids is 1. The van der Waals surface area contributed by atoms with Crippen molar-refractivity contribution in [2.75, 3.05) is 0 Å². The lowest BCUT2D eigenvalue weighted by atomic mass is 9.47. The van der Waals surface area contributed by atoms with Gasteiger partial charge in [0.05, 0.1) is 0 Å². The number of rotatable bonds is 2. The normalized spacial score (nSPS) is 49.2. The van der Waals surface area contributed by atoms with Gasteiger partial charge >= 0.3 is 0 Å². The maximum absolute atomic E-state index is 11.3. The van der Waals surface area contributed by atoms with Gasteiger partial charge in [0.2, 0.25) is 5.54 Å². The van der Waals surface area contributed by atoms with Crippen LogP contribution < -0.4 is 5.11 Å². The summed E-state index contributed by atoms with van der Waals surface area (Å²) in [4.78, 5) is 22.3. The molecule has 5 nitrogen and oxygen atoms in total. The summed E-state index contributed by atoms with van der Waals surface area (Å²) in [6.07, 6.45) is 3.52. The molecule has 4 aliphatic rings. The van der Waals surface area contributed by atoms with Crippen molar-refractivity contribution in [1.82, 2.24) is 0 Å². The van der Waals surface area contributed by atoms with Gasteiger partial charge in [0.1, 0.15) is 0 Å².